The standard InChI is InChI=1S/C17H14N3O.C12H10N.Ir/c1-12(2)19-8-9-20(11-19)13-5-6-16-15(10-13)14-4-3-7-18-17(14)21-16;1-10-7-8-12(13-9-10)11-5-3-2-4-6-11;/h3-4,6-10,12H,1-2H3;2-5,7-9H,1H3;/q+1;-1;. The van der Waals surface area contributed by atoms with E-state index in [0.29, 0.717) is 11.8 Å². The fraction of sp³-hybridized carbons (Fsp3) is 0.138. The van der Waals surface area contributed by atoms with E-state index in [1.807, 2.05) is 83.2 Å². The Balaban J connectivity index is 0.000000179. The van der Waals surface area contributed by atoms with Crippen molar-refractivity contribution in [3.63, 3.8) is 0 Å². The number of pyridine rings is 2. The van der Waals surface area contributed by atoms with Crippen molar-refractivity contribution in [2.75, 3.05) is 0 Å². The Morgan fingerprint density at radius 1 is 0.971 bits per heavy atom. The summed E-state index contributed by atoms with van der Waals surface area (Å²) in [7, 11) is 0. The van der Waals surface area contributed by atoms with E-state index >= 15 is 0 Å². The van der Waals surface area contributed by atoms with Crippen LogP contribution in [0.2, 0.25) is 0 Å². The minimum Gasteiger partial charge on any atom is -0.502 e. The van der Waals surface area contributed by atoms with Crippen molar-refractivity contribution in [2.45, 2.75) is 26.8 Å². The average molecular weight is 637 g/mol. The first-order chi connectivity index (χ1) is 16.6. The zero-order chi connectivity index (χ0) is 23.5. The van der Waals surface area contributed by atoms with E-state index in [2.05, 4.69) is 54.1 Å². The second-order valence-corrected chi connectivity index (χ2v) is 8.32. The van der Waals surface area contributed by atoms with Gasteiger partial charge in [0.2, 0.25) is 11.9 Å². The van der Waals surface area contributed by atoms with Crippen molar-refractivity contribution < 1.29 is 33.7 Å². The Hall–Kier alpha value is -3.69. The number of rotatable bonds is 3. The molecular weight excluding hydrogens is 613 g/mol. The molecule has 1 aliphatic heterocycles. The quantitative estimate of drug-likeness (QED) is 0.171. The van der Waals surface area contributed by atoms with Gasteiger partial charge >= 0.3 is 6.01 Å². The molecule has 0 atom stereocenters. The second-order valence-electron chi connectivity index (χ2n) is 8.32. The summed E-state index contributed by atoms with van der Waals surface area (Å²) in [6, 6.07) is 29.8. The molecule has 0 bridgehead atoms. The van der Waals surface area contributed by atoms with Crippen molar-refractivity contribution in [1.29, 1.82) is 0 Å². The third kappa shape index (κ3) is 5.36. The van der Waals surface area contributed by atoms with E-state index in [-0.39, 0.29) is 20.1 Å². The molecule has 6 heteroatoms. The molecule has 0 fully saturated rings. The van der Waals surface area contributed by atoms with Crippen LogP contribution in [0.4, 0.5) is 5.69 Å². The Morgan fingerprint density at radius 3 is 2.57 bits per heavy atom. The molecule has 0 N–H and O–H groups in total. The second kappa shape index (κ2) is 10.7. The van der Waals surface area contributed by atoms with Gasteiger partial charge in [0.05, 0.1) is 0 Å². The number of aryl methyl sites for hydroxylation is 1. The topological polar surface area (TPSA) is 44.9 Å². The van der Waals surface area contributed by atoms with Crippen LogP contribution in [-0.2, 0) is 20.1 Å². The summed E-state index contributed by atoms with van der Waals surface area (Å²) >= 11 is 0. The number of hydrogen-bond acceptors (Lipinski definition) is 3. The maximum atomic E-state index is 5.72. The monoisotopic (exact) mass is 637 g/mol. The summed E-state index contributed by atoms with van der Waals surface area (Å²) in [6.07, 6.45) is 7.60. The third-order valence-corrected chi connectivity index (χ3v) is 5.48. The van der Waals surface area contributed by atoms with E-state index in [0.717, 1.165) is 33.3 Å². The number of furan rings is 1. The molecular formula is C29H24IrN4O. The van der Waals surface area contributed by atoms with Crippen LogP contribution in [0.1, 0.15) is 19.4 Å². The van der Waals surface area contributed by atoms with Gasteiger partial charge in [-0.15, -0.1) is 48.0 Å². The van der Waals surface area contributed by atoms with Crippen LogP contribution in [0.5, 0.6) is 0 Å². The van der Waals surface area contributed by atoms with Gasteiger partial charge in [0.1, 0.15) is 5.69 Å². The molecule has 1 aliphatic rings. The van der Waals surface area contributed by atoms with Crippen LogP contribution >= 0.6 is 0 Å². The molecule has 0 saturated heterocycles. The van der Waals surface area contributed by atoms with Gasteiger partial charge < -0.3 is 9.40 Å². The van der Waals surface area contributed by atoms with Crippen molar-refractivity contribution >= 4 is 33.8 Å². The Kier molecular flexibility index (Phi) is 7.48. The Morgan fingerprint density at radius 2 is 1.86 bits per heavy atom. The first-order valence-electron chi connectivity index (χ1n) is 11.2. The number of benzene rings is 2. The summed E-state index contributed by atoms with van der Waals surface area (Å²) in [5.41, 5.74) is 5.60. The fourth-order valence-electron chi connectivity index (χ4n) is 3.61. The van der Waals surface area contributed by atoms with Crippen LogP contribution in [0.15, 0.2) is 89.9 Å². The van der Waals surface area contributed by atoms with Crippen LogP contribution < -0.4 is 0 Å². The minimum atomic E-state index is 0. The SMILES string of the molecule is CC(C)[N+]1=C=[N+](c2[c-]cc3oc4ncccc4c3c2)C=C1.Cc1ccc(-c2[c-]cccc2)nc1.[Ir]. The Bertz CT molecular complexity index is 1560. The predicted molar refractivity (Wildman–Crippen MR) is 133 cm³/mol. The molecule has 5 nitrogen and oxygen atoms in total. The fourth-order valence-corrected chi connectivity index (χ4v) is 3.61. The average Bonchev–Trinajstić information content (AvgIpc) is 3.51. The largest absolute Gasteiger partial charge is 0.502 e. The molecule has 3 aromatic heterocycles. The van der Waals surface area contributed by atoms with Crippen molar-refractivity contribution in [3.8, 4) is 11.3 Å². The number of nitrogens with zero attached hydrogens (tertiary/aromatic N) is 4. The number of fused-ring (bicyclic) bond motifs is 3. The van der Waals surface area contributed by atoms with E-state index in [4.69, 9.17) is 4.42 Å². The molecule has 4 heterocycles. The van der Waals surface area contributed by atoms with Gasteiger partial charge in [0.15, 0.2) is 6.04 Å². The van der Waals surface area contributed by atoms with Gasteiger partial charge in [-0.05, 0) is 44.2 Å². The molecule has 0 spiro atoms. The zero-order valence-electron chi connectivity index (χ0n) is 19.7. The maximum absolute atomic E-state index is 5.72. The maximum Gasteiger partial charge on any atom is 0.493 e. The van der Waals surface area contributed by atoms with Gasteiger partial charge in [0.25, 0.3) is 6.20 Å². The first kappa shape index (κ1) is 24.4. The van der Waals surface area contributed by atoms with E-state index < -0.39 is 0 Å². The van der Waals surface area contributed by atoms with Gasteiger partial charge in [-0.1, -0.05) is 32.7 Å². The summed E-state index contributed by atoms with van der Waals surface area (Å²) in [4.78, 5) is 8.57. The van der Waals surface area contributed by atoms with Gasteiger partial charge in [0, 0.05) is 43.5 Å². The van der Waals surface area contributed by atoms with E-state index in [9.17, 15) is 0 Å². The van der Waals surface area contributed by atoms with E-state index in [1.54, 1.807) is 6.20 Å². The summed E-state index contributed by atoms with van der Waals surface area (Å²) in [5, 5.41) is 2.07. The van der Waals surface area contributed by atoms with Gasteiger partial charge in [-0.2, -0.15) is 0 Å². The molecule has 1 radical (unpaired) electrons. The van der Waals surface area contributed by atoms with Crippen molar-refractivity contribution in [3.05, 3.63) is 103 Å². The summed E-state index contributed by atoms with van der Waals surface area (Å²) in [6.45, 7) is 6.29. The summed E-state index contributed by atoms with van der Waals surface area (Å²) in [5.74, 6) is 0. The molecule has 0 aliphatic carbocycles. The molecule has 0 unspecified atom stereocenters. The normalized spacial score (nSPS) is 12.2. The third-order valence-electron chi connectivity index (χ3n) is 5.48. The van der Waals surface area contributed by atoms with Crippen molar-refractivity contribution in [1.82, 2.24) is 9.97 Å². The van der Waals surface area contributed by atoms with Crippen LogP contribution in [0.25, 0.3) is 33.3 Å². The Labute approximate surface area is 218 Å². The van der Waals surface area contributed by atoms with Gasteiger partial charge in [-0.25, -0.2) is 4.98 Å². The molecule has 2 aromatic carbocycles. The molecule has 6 rings (SSSR count). The predicted octanol–water partition coefficient (Wildman–Crippen LogP) is 6.36. The van der Waals surface area contributed by atoms with Crippen molar-refractivity contribution in [2.24, 2.45) is 0 Å². The molecule has 0 saturated carbocycles. The molecule has 0 amide bonds. The number of aromatic nitrogens is 2. The zero-order valence-corrected chi connectivity index (χ0v) is 22.1. The molecule has 175 valence electrons. The summed E-state index contributed by atoms with van der Waals surface area (Å²) < 4.78 is 9.69. The molecule has 35 heavy (non-hydrogen) atoms. The van der Waals surface area contributed by atoms with Crippen LogP contribution in [-0.4, -0.2) is 31.2 Å². The van der Waals surface area contributed by atoms with E-state index in [1.165, 1.54) is 5.56 Å². The number of hydrogen-bond donors (Lipinski definition) is 0. The van der Waals surface area contributed by atoms with Crippen LogP contribution in [0.3, 0.4) is 0 Å². The van der Waals surface area contributed by atoms with Crippen LogP contribution in [0, 0.1) is 19.1 Å². The van der Waals surface area contributed by atoms with Gasteiger partial charge in [-0.3, -0.25) is 0 Å². The smallest absolute Gasteiger partial charge is 0.493 e. The first-order valence-corrected chi connectivity index (χ1v) is 11.2. The minimum absolute atomic E-state index is 0. The molecule has 5 aromatic rings.